The quantitative estimate of drug-likeness (QED) is 0.712. The number of benzene rings is 1. The normalized spacial score (nSPS) is 18.5. The molecular formula is C17H25NO4S. The molecule has 0 spiro atoms. The molecule has 2 rings (SSSR count). The molecule has 0 saturated carbocycles. The van der Waals surface area contributed by atoms with Gasteiger partial charge in [0.25, 0.3) is 0 Å². The molecule has 1 aromatic carbocycles. The summed E-state index contributed by atoms with van der Waals surface area (Å²) in [5, 5.41) is 0.639. The van der Waals surface area contributed by atoms with Gasteiger partial charge in [-0.15, -0.1) is 0 Å². The SMILES string of the molecule is COc1cc(C(=O)CCN2CCSC(C)C2)cc(OC)c1OC. The van der Waals surface area contributed by atoms with Gasteiger partial charge in [-0.2, -0.15) is 11.8 Å². The molecule has 0 bridgehead atoms. The summed E-state index contributed by atoms with van der Waals surface area (Å²) < 4.78 is 15.9. The lowest BCUT2D eigenvalue weighted by molar-refractivity contribution is 0.0964. The monoisotopic (exact) mass is 339 g/mol. The van der Waals surface area contributed by atoms with Crippen LogP contribution >= 0.6 is 11.8 Å². The van der Waals surface area contributed by atoms with Gasteiger partial charge in [-0.05, 0) is 12.1 Å². The lowest BCUT2D eigenvalue weighted by Gasteiger charge is -2.30. The first kappa shape index (κ1) is 17.9. The summed E-state index contributed by atoms with van der Waals surface area (Å²) in [6, 6.07) is 3.44. The maximum absolute atomic E-state index is 12.5. The van der Waals surface area contributed by atoms with Crippen LogP contribution in [0.25, 0.3) is 0 Å². The van der Waals surface area contributed by atoms with Crippen LogP contribution in [-0.2, 0) is 0 Å². The van der Waals surface area contributed by atoms with Gasteiger partial charge >= 0.3 is 0 Å². The van der Waals surface area contributed by atoms with Gasteiger partial charge in [-0.25, -0.2) is 0 Å². The Balaban J connectivity index is 2.06. The second-order valence-electron chi connectivity index (χ2n) is 5.57. The highest BCUT2D eigenvalue weighted by molar-refractivity contribution is 7.99. The third kappa shape index (κ3) is 4.54. The fraction of sp³-hybridized carbons (Fsp3) is 0.588. The van der Waals surface area contributed by atoms with Gasteiger partial charge in [0.1, 0.15) is 0 Å². The molecule has 5 nitrogen and oxygen atoms in total. The Morgan fingerprint density at radius 3 is 2.39 bits per heavy atom. The van der Waals surface area contributed by atoms with E-state index in [0.29, 0.717) is 34.5 Å². The Morgan fingerprint density at radius 1 is 1.22 bits per heavy atom. The second kappa shape index (κ2) is 8.45. The van der Waals surface area contributed by atoms with Gasteiger partial charge < -0.3 is 19.1 Å². The number of ketones is 1. The van der Waals surface area contributed by atoms with Crippen molar-refractivity contribution in [2.75, 3.05) is 46.7 Å². The van der Waals surface area contributed by atoms with E-state index in [4.69, 9.17) is 14.2 Å². The fourth-order valence-electron chi connectivity index (χ4n) is 2.74. The summed E-state index contributed by atoms with van der Waals surface area (Å²) in [5.74, 6) is 2.76. The van der Waals surface area contributed by atoms with Crippen LogP contribution in [0.5, 0.6) is 17.2 Å². The molecule has 1 aliphatic heterocycles. The summed E-state index contributed by atoms with van der Waals surface area (Å²) in [6.07, 6.45) is 0.496. The average Bonchev–Trinajstić information content (AvgIpc) is 2.58. The van der Waals surface area contributed by atoms with Crippen molar-refractivity contribution in [3.8, 4) is 17.2 Å². The first-order chi connectivity index (χ1) is 11.1. The van der Waals surface area contributed by atoms with Crippen LogP contribution in [0.4, 0.5) is 0 Å². The molecule has 1 aliphatic rings. The first-order valence-corrected chi connectivity index (χ1v) is 8.81. The third-order valence-electron chi connectivity index (χ3n) is 3.97. The number of Topliss-reactive ketones (excluding diaryl/α,β-unsaturated/α-hetero) is 1. The van der Waals surface area contributed by atoms with Crippen LogP contribution in [0.1, 0.15) is 23.7 Å². The van der Waals surface area contributed by atoms with Gasteiger partial charge in [0.05, 0.1) is 21.3 Å². The smallest absolute Gasteiger partial charge is 0.203 e. The van der Waals surface area contributed by atoms with Crippen molar-refractivity contribution in [1.82, 2.24) is 4.90 Å². The maximum atomic E-state index is 12.5. The number of hydrogen-bond donors (Lipinski definition) is 0. The van der Waals surface area contributed by atoms with E-state index in [0.717, 1.165) is 25.4 Å². The van der Waals surface area contributed by atoms with Crippen LogP contribution in [-0.4, -0.2) is 62.6 Å². The summed E-state index contributed by atoms with van der Waals surface area (Å²) in [5.41, 5.74) is 0.596. The van der Waals surface area contributed by atoms with E-state index in [2.05, 4.69) is 11.8 Å². The minimum Gasteiger partial charge on any atom is -0.493 e. The van der Waals surface area contributed by atoms with Crippen molar-refractivity contribution in [1.29, 1.82) is 0 Å². The zero-order valence-electron chi connectivity index (χ0n) is 14.3. The Morgan fingerprint density at radius 2 is 1.87 bits per heavy atom. The lowest BCUT2D eigenvalue weighted by atomic mass is 10.1. The van der Waals surface area contributed by atoms with E-state index >= 15 is 0 Å². The van der Waals surface area contributed by atoms with Crippen LogP contribution in [0.15, 0.2) is 12.1 Å². The zero-order chi connectivity index (χ0) is 16.8. The molecule has 1 heterocycles. The molecule has 23 heavy (non-hydrogen) atoms. The van der Waals surface area contributed by atoms with Crippen molar-refractivity contribution in [3.63, 3.8) is 0 Å². The Kier molecular flexibility index (Phi) is 6.59. The second-order valence-corrected chi connectivity index (χ2v) is 7.12. The van der Waals surface area contributed by atoms with E-state index in [9.17, 15) is 4.79 Å². The molecule has 0 amide bonds. The number of hydrogen-bond acceptors (Lipinski definition) is 6. The highest BCUT2D eigenvalue weighted by Gasteiger charge is 2.20. The number of rotatable bonds is 7. The van der Waals surface area contributed by atoms with Crippen LogP contribution < -0.4 is 14.2 Å². The van der Waals surface area contributed by atoms with Gasteiger partial charge in [-0.1, -0.05) is 6.92 Å². The molecule has 0 aliphatic carbocycles. The summed E-state index contributed by atoms with van der Waals surface area (Å²) in [6.45, 7) is 5.13. The lowest BCUT2D eigenvalue weighted by Crippen LogP contribution is -2.37. The molecule has 0 aromatic heterocycles. The standard InChI is InChI=1S/C17H25NO4S/c1-12-11-18(7-8-23-12)6-5-14(19)13-9-15(20-2)17(22-4)16(10-13)21-3/h9-10,12H,5-8,11H2,1-4H3. The highest BCUT2D eigenvalue weighted by Crippen LogP contribution is 2.38. The van der Waals surface area contributed by atoms with Crippen LogP contribution in [0.3, 0.4) is 0 Å². The highest BCUT2D eigenvalue weighted by atomic mass is 32.2. The van der Waals surface area contributed by atoms with Gasteiger partial charge in [-0.3, -0.25) is 4.79 Å². The van der Waals surface area contributed by atoms with Crippen molar-refractivity contribution < 1.29 is 19.0 Å². The average molecular weight is 339 g/mol. The van der Waals surface area contributed by atoms with E-state index in [1.165, 1.54) is 0 Å². The predicted molar refractivity (Wildman–Crippen MR) is 93.4 cm³/mol. The molecule has 0 radical (unpaired) electrons. The molecule has 0 N–H and O–H groups in total. The molecule has 1 unspecified atom stereocenters. The van der Waals surface area contributed by atoms with Crippen molar-refractivity contribution in [2.24, 2.45) is 0 Å². The van der Waals surface area contributed by atoms with E-state index < -0.39 is 0 Å². The number of nitrogens with zero attached hydrogens (tertiary/aromatic N) is 1. The number of thioether (sulfide) groups is 1. The minimum atomic E-state index is 0.0927. The predicted octanol–water partition coefficient (Wildman–Crippen LogP) is 2.72. The summed E-state index contributed by atoms with van der Waals surface area (Å²) in [4.78, 5) is 14.9. The molecule has 1 saturated heterocycles. The molecule has 1 aromatic rings. The Hall–Kier alpha value is -1.40. The van der Waals surface area contributed by atoms with Gasteiger partial charge in [0.15, 0.2) is 17.3 Å². The largest absolute Gasteiger partial charge is 0.493 e. The van der Waals surface area contributed by atoms with Crippen LogP contribution in [0.2, 0.25) is 0 Å². The van der Waals surface area contributed by atoms with Crippen molar-refractivity contribution in [3.05, 3.63) is 17.7 Å². The maximum Gasteiger partial charge on any atom is 0.203 e. The van der Waals surface area contributed by atoms with Gasteiger partial charge in [0, 0.05) is 42.6 Å². The van der Waals surface area contributed by atoms with Crippen molar-refractivity contribution in [2.45, 2.75) is 18.6 Å². The number of carbonyl (C=O) groups is 1. The molecule has 1 atom stereocenters. The molecular weight excluding hydrogens is 314 g/mol. The minimum absolute atomic E-state index is 0.0927. The third-order valence-corrected chi connectivity index (χ3v) is 5.10. The van der Waals surface area contributed by atoms with E-state index in [1.54, 1.807) is 33.5 Å². The molecule has 1 fully saturated rings. The zero-order valence-corrected chi connectivity index (χ0v) is 15.1. The first-order valence-electron chi connectivity index (χ1n) is 7.76. The van der Waals surface area contributed by atoms with Crippen LogP contribution in [0, 0.1) is 0 Å². The number of carbonyl (C=O) groups excluding carboxylic acids is 1. The molecule has 128 valence electrons. The van der Waals surface area contributed by atoms with E-state index in [1.807, 2.05) is 11.8 Å². The van der Waals surface area contributed by atoms with Crippen molar-refractivity contribution >= 4 is 17.5 Å². The topological polar surface area (TPSA) is 48.0 Å². The number of methoxy groups -OCH3 is 3. The molecule has 6 heteroatoms. The Labute approximate surface area is 142 Å². The Bertz CT molecular complexity index is 524. The fourth-order valence-corrected chi connectivity index (χ4v) is 3.82. The van der Waals surface area contributed by atoms with E-state index in [-0.39, 0.29) is 5.78 Å². The summed E-state index contributed by atoms with van der Waals surface area (Å²) in [7, 11) is 4.66. The number of ether oxygens (including phenoxy) is 3. The summed E-state index contributed by atoms with van der Waals surface area (Å²) >= 11 is 1.99. The van der Waals surface area contributed by atoms with Gasteiger partial charge in [0.2, 0.25) is 5.75 Å².